The van der Waals surface area contributed by atoms with Crippen LogP contribution in [-0.4, -0.2) is 36.2 Å². The van der Waals surface area contributed by atoms with Gasteiger partial charge in [0, 0.05) is 18.7 Å². The van der Waals surface area contributed by atoms with Gasteiger partial charge in [0.2, 0.25) is 0 Å². The van der Waals surface area contributed by atoms with Crippen molar-refractivity contribution in [2.75, 3.05) is 20.2 Å². The second-order valence-corrected chi connectivity index (χ2v) is 4.89. The number of rotatable bonds is 7. The molecule has 0 aliphatic heterocycles. The Bertz CT molecular complexity index is 435. The molecule has 1 aromatic rings. The summed E-state index contributed by atoms with van der Waals surface area (Å²) in [5.74, 6) is -0.849. The summed E-state index contributed by atoms with van der Waals surface area (Å²) in [5, 5.41) is 8.88. The zero-order valence-electron chi connectivity index (χ0n) is 11.5. The van der Waals surface area contributed by atoms with Gasteiger partial charge in [-0.3, -0.25) is 9.69 Å². The van der Waals surface area contributed by atoms with Crippen LogP contribution in [0.3, 0.4) is 0 Å². The zero-order valence-corrected chi connectivity index (χ0v) is 11.5. The average Bonchev–Trinajstić information content (AvgIpc) is 2.30. The molecule has 0 heterocycles. The number of hydrogen-bond acceptors (Lipinski definition) is 3. The number of aliphatic carboxylic acids is 1. The number of carboxylic acid groups (broad SMARTS) is 1. The fraction of sp³-hybridized carbons (Fsp3) is 0.500. The van der Waals surface area contributed by atoms with E-state index in [2.05, 4.69) is 0 Å². The second kappa shape index (κ2) is 7.09. The number of nitrogens with zero attached hydrogens (tertiary/aromatic N) is 1. The van der Waals surface area contributed by atoms with Crippen LogP contribution >= 0.6 is 0 Å². The fourth-order valence-corrected chi connectivity index (χ4v) is 1.97. The average molecular weight is 269 g/mol. The summed E-state index contributed by atoms with van der Waals surface area (Å²) >= 11 is 0. The Labute approximate surface area is 112 Å². The third kappa shape index (κ3) is 4.87. The maximum absolute atomic E-state index is 14.0. The van der Waals surface area contributed by atoms with Crippen LogP contribution in [0.4, 0.5) is 4.39 Å². The van der Waals surface area contributed by atoms with Crippen LogP contribution in [-0.2, 0) is 11.3 Å². The molecule has 1 N–H and O–H groups in total. The van der Waals surface area contributed by atoms with Gasteiger partial charge in [-0.2, -0.15) is 0 Å². The van der Waals surface area contributed by atoms with Gasteiger partial charge in [-0.15, -0.1) is 0 Å². The SMILES string of the molecule is COc1cccc(CN(CC(=O)O)CC(C)C)c1F. The van der Waals surface area contributed by atoms with Gasteiger partial charge in [0.25, 0.3) is 0 Å². The number of carbonyl (C=O) groups is 1. The highest BCUT2D eigenvalue weighted by molar-refractivity contribution is 5.69. The first-order valence-corrected chi connectivity index (χ1v) is 6.19. The highest BCUT2D eigenvalue weighted by Crippen LogP contribution is 2.21. The summed E-state index contributed by atoms with van der Waals surface area (Å²) in [6.45, 7) is 4.75. The lowest BCUT2D eigenvalue weighted by Crippen LogP contribution is -2.32. The molecule has 0 bridgehead atoms. The molecule has 0 fully saturated rings. The van der Waals surface area contributed by atoms with Crippen molar-refractivity contribution in [3.8, 4) is 5.75 Å². The highest BCUT2D eigenvalue weighted by atomic mass is 19.1. The van der Waals surface area contributed by atoms with Gasteiger partial charge in [-0.1, -0.05) is 26.0 Å². The third-order valence-electron chi connectivity index (χ3n) is 2.64. The van der Waals surface area contributed by atoms with Crippen LogP contribution in [0, 0.1) is 11.7 Å². The molecule has 0 aliphatic carbocycles. The minimum absolute atomic E-state index is 0.102. The van der Waals surface area contributed by atoms with Crippen molar-refractivity contribution in [1.82, 2.24) is 4.90 Å². The summed E-state index contributed by atoms with van der Waals surface area (Å²) in [6, 6.07) is 4.89. The Morgan fingerprint density at radius 1 is 1.47 bits per heavy atom. The second-order valence-electron chi connectivity index (χ2n) is 4.89. The maximum atomic E-state index is 14.0. The summed E-state index contributed by atoms with van der Waals surface area (Å²) < 4.78 is 18.9. The molecule has 4 nitrogen and oxygen atoms in total. The van der Waals surface area contributed by atoms with E-state index in [9.17, 15) is 9.18 Å². The van der Waals surface area contributed by atoms with Crippen LogP contribution in [0.2, 0.25) is 0 Å². The molecule has 0 aromatic heterocycles. The van der Waals surface area contributed by atoms with Gasteiger partial charge in [0.05, 0.1) is 13.7 Å². The van der Waals surface area contributed by atoms with Crippen molar-refractivity contribution in [3.05, 3.63) is 29.6 Å². The standard InChI is InChI=1S/C14H20FNO3/c1-10(2)7-16(9-13(17)18)8-11-5-4-6-12(19-3)14(11)15/h4-6,10H,7-9H2,1-3H3,(H,17,18). The van der Waals surface area contributed by atoms with Crippen molar-refractivity contribution in [1.29, 1.82) is 0 Å². The topological polar surface area (TPSA) is 49.8 Å². The van der Waals surface area contributed by atoms with Crippen molar-refractivity contribution in [2.24, 2.45) is 5.92 Å². The van der Waals surface area contributed by atoms with E-state index in [1.54, 1.807) is 23.1 Å². The van der Waals surface area contributed by atoms with Gasteiger partial charge in [-0.25, -0.2) is 4.39 Å². The molecule has 1 aromatic carbocycles. The smallest absolute Gasteiger partial charge is 0.317 e. The molecule has 0 amide bonds. The van der Waals surface area contributed by atoms with Crippen molar-refractivity contribution >= 4 is 5.97 Å². The first kappa shape index (κ1) is 15.4. The molecule has 1 rings (SSSR count). The Kier molecular flexibility index (Phi) is 5.76. The highest BCUT2D eigenvalue weighted by Gasteiger charge is 2.15. The fourth-order valence-electron chi connectivity index (χ4n) is 1.97. The van der Waals surface area contributed by atoms with E-state index in [4.69, 9.17) is 9.84 Å². The lowest BCUT2D eigenvalue weighted by Gasteiger charge is -2.22. The molecule has 0 spiro atoms. The van der Waals surface area contributed by atoms with E-state index >= 15 is 0 Å². The lowest BCUT2D eigenvalue weighted by atomic mass is 10.1. The van der Waals surface area contributed by atoms with Gasteiger partial charge >= 0.3 is 5.97 Å². The third-order valence-corrected chi connectivity index (χ3v) is 2.64. The molecule has 19 heavy (non-hydrogen) atoms. The van der Waals surface area contributed by atoms with Crippen molar-refractivity contribution < 1.29 is 19.0 Å². The summed E-state index contributed by atoms with van der Waals surface area (Å²) in [4.78, 5) is 12.5. The lowest BCUT2D eigenvalue weighted by molar-refractivity contribution is -0.138. The minimum atomic E-state index is -0.913. The van der Waals surface area contributed by atoms with E-state index in [-0.39, 0.29) is 18.8 Å². The summed E-state index contributed by atoms with van der Waals surface area (Å²) in [7, 11) is 1.41. The van der Waals surface area contributed by atoms with E-state index in [1.807, 2.05) is 13.8 Å². The first-order valence-electron chi connectivity index (χ1n) is 6.19. The van der Waals surface area contributed by atoms with Gasteiger partial charge in [0.1, 0.15) is 0 Å². The van der Waals surface area contributed by atoms with Crippen LogP contribution in [0.5, 0.6) is 5.75 Å². The van der Waals surface area contributed by atoms with E-state index < -0.39 is 11.8 Å². The van der Waals surface area contributed by atoms with E-state index in [0.717, 1.165) is 0 Å². The zero-order chi connectivity index (χ0) is 14.4. The number of halogens is 1. The van der Waals surface area contributed by atoms with E-state index in [1.165, 1.54) is 7.11 Å². The summed E-state index contributed by atoms with van der Waals surface area (Å²) in [6.07, 6.45) is 0. The van der Waals surface area contributed by atoms with Gasteiger partial charge in [-0.05, 0) is 12.0 Å². The Morgan fingerprint density at radius 3 is 2.68 bits per heavy atom. The molecular weight excluding hydrogens is 249 g/mol. The molecule has 0 radical (unpaired) electrons. The predicted octanol–water partition coefficient (Wildman–Crippen LogP) is 2.38. The Morgan fingerprint density at radius 2 is 2.16 bits per heavy atom. The number of hydrogen-bond donors (Lipinski definition) is 1. The van der Waals surface area contributed by atoms with Gasteiger partial charge in [0.15, 0.2) is 11.6 Å². The summed E-state index contributed by atoms with van der Waals surface area (Å²) in [5.41, 5.74) is 0.446. The van der Waals surface area contributed by atoms with E-state index in [0.29, 0.717) is 18.0 Å². The van der Waals surface area contributed by atoms with Crippen molar-refractivity contribution in [2.45, 2.75) is 20.4 Å². The number of benzene rings is 1. The number of carboxylic acids is 1. The number of methoxy groups -OCH3 is 1. The normalized spacial score (nSPS) is 11.1. The predicted molar refractivity (Wildman–Crippen MR) is 70.7 cm³/mol. The molecule has 0 saturated heterocycles. The Hall–Kier alpha value is -1.62. The van der Waals surface area contributed by atoms with Crippen LogP contribution in [0.25, 0.3) is 0 Å². The maximum Gasteiger partial charge on any atom is 0.317 e. The molecule has 0 atom stereocenters. The molecule has 0 saturated carbocycles. The minimum Gasteiger partial charge on any atom is -0.494 e. The quantitative estimate of drug-likeness (QED) is 0.825. The molecule has 106 valence electrons. The van der Waals surface area contributed by atoms with Crippen LogP contribution in [0.1, 0.15) is 19.4 Å². The van der Waals surface area contributed by atoms with Gasteiger partial charge < -0.3 is 9.84 Å². The largest absolute Gasteiger partial charge is 0.494 e. The molecule has 0 unspecified atom stereocenters. The molecular formula is C14H20FNO3. The van der Waals surface area contributed by atoms with Crippen LogP contribution in [0.15, 0.2) is 18.2 Å². The number of ether oxygens (including phenoxy) is 1. The first-order chi connectivity index (χ1) is 8.93. The Balaban J connectivity index is 2.86. The monoisotopic (exact) mass is 269 g/mol. The van der Waals surface area contributed by atoms with Crippen LogP contribution < -0.4 is 4.74 Å². The molecule has 5 heteroatoms. The van der Waals surface area contributed by atoms with Crippen molar-refractivity contribution in [3.63, 3.8) is 0 Å². The molecule has 0 aliphatic rings.